The van der Waals surface area contributed by atoms with Crippen molar-refractivity contribution in [3.63, 3.8) is 0 Å². The molecule has 3 heterocycles. The fourth-order valence-electron chi connectivity index (χ4n) is 5.00. The predicted molar refractivity (Wildman–Crippen MR) is 111 cm³/mol. The lowest BCUT2D eigenvalue weighted by atomic mass is 9.94. The van der Waals surface area contributed by atoms with Crippen LogP contribution in [0, 0.1) is 5.92 Å². The number of morpholine rings is 1. The Balaban J connectivity index is 1.32. The zero-order chi connectivity index (χ0) is 18.6. The molecule has 0 bridgehead atoms. The molecule has 3 unspecified atom stereocenters. The Morgan fingerprint density at radius 3 is 2.70 bits per heavy atom. The number of nitrogens with zero attached hydrogens (tertiary/aromatic N) is 3. The lowest BCUT2D eigenvalue weighted by Gasteiger charge is -2.36. The predicted octanol–water partition coefficient (Wildman–Crippen LogP) is 2.18. The summed E-state index contributed by atoms with van der Waals surface area (Å²) in [5.74, 6) is 1.65. The van der Waals surface area contributed by atoms with Gasteiger partial charge in [0.05, 0.1) is 25.1 Å². The van der Waals surface area contributed by atoms with E-state index < -0.39 is 0 Å². The summed E-state index contributed by atoms with van der Waals surface area (Å²) in [6.07, 6.45) is 8.30. The zero-order valence-electron chi connectivity index (χ0n) is 16.9. The summed E-state index contributed by atoms with van der Waals surface area (Å²) in [7, 11) is 4.38. The molecule has 2 N–H and O–H groups in total. The number of anilines is 2. The van der Waals surface area contributed by atoms with Gasteiger partial charge < -0.3 is 25.2 Å². The van der Waals surface area contributed by atoms with Gasteiger partial charge in [-0.1, -0.05) is 6.42 Å². The fourth-order valence-corrected chi connectivity index (χ4v) is 5.00. The Labute approximate surface area is 163 Å². The van der Waals surface area contributed by atoms with E-state index >= 15 is 0 Å². The number of hydrogen-bond donors (Lipinski definition) is 2. The van der Waals surface area contributed by atoms with Gasteiger partial charge in [-0.15, -0.1) is 0 Å². The first kappa shape index (κ1) is 19.0. The maximum absolute atomic E-state index is 5.68. The average molecular weight is 374 g/mol. The Hall–Kier alpha value is -1.37. The van der Waals surface area contributed by atoms with Gasteiger partial charge in [0.2, 0.25) is 0 Å². The molecule has 3 fully saturated rings. The average Bonchev–Trinajstić information content (AvgIpc) is 3.17. The van der Waals surface area contributed by atoms with Gasteiger partial charge in [-0.25, -0.2) is 4.98 Å². The van der Waals surface area contributed by atoms with Crippen LogP contribution in [0.5, 0.6) is 0 Å². The number of ether oxygens (including phenoxy) is 1. The normalized spacial score (nSPS) is 30.0. The monoisotopic (exact) mass is 373 g/mol. The maximum atomic E-state index is 5.68. The van der Waals surface area contributed by atoms with Crippen LogP contribution in [0.1, 0.15) is 32.1 Å². The highest BCUT2D eigenvalue weighted by atomic mass is 16.5. The topological polar surface area (TPSA) is 52.7 Å². The smallest absolute Gasteiger partial charge is 0.126 e. The summed E-state index contributed by atoms with van der Waals surface area (Å²) < 4.78 is 5.68. The largest absolute Gasteiger partial charge is 0.379 e. The van der Waals surface area contributed by atoms with Gasteiger partial charge in [0.1, 0.15) is 5.82 Å². The van der Waals surface area contributed by atoms with Crippen molar-refractivity contribution < 1.29 is 4.74 Å². The number of piperidine rings is 1. The molecule has 150 valence electrons. The zero-order valence-corrected chi connectivity index (χ0v) is 16.9. The first-order valence-electron chi connectivity index (χ1n) is 10.7. The number of rotatable bonds is 5. The molecule has 1 aromatic rings. The van der Waals surface area contributed by atoms with Crippen LogP contribution in [-0.4, -0.2) is 75.0 Å². The molecule has 1 saturated carbocycles. The second-order valence-electron chi connectivity index (χ2n) is 8.56. The van der Waals surface area contributed by atoms with E-state index in [1.54, 1.807) is 0 Å². The van der Waals surface area contributed by atoms with Crippen molar-refractivity contribution in [3.8, 4) is 0 Å². The Bertz CT molecular complexity index is 579. The van der Waals surface area contributed by atoms with Crippen molar-refractivity contribution in [1.82, 2.24) is 15.2 Å². The van der Waals surface area contributed by atoms with Crippen LogP contribution < -0.4 is 15.5 Å². The minimum Gasteiger partial charge on any atom is -0.379 e. The van der Waals surface area contributed by atoms with Crippen molar-refractivity contribution in [1.29, 1.82) is 0 Å². The summed E-state index contributed by atoms with van der Waals surface area (Å²) in [4.78, 5) is 9.56. The number of pyridine rings is 1. The minimum atomic E-state index is 0.482. The first-order valence-corrected chi connectivity index (χ1v) is 10.7. The quantitative estimate of drug-likeness (QED) is 0.825. The Morgan fingerprint density at radius 2 is 2.04 bits per heavy atom. The molecular formula is C21H35N5O. The SMILES string of the molecule is CN(C)C1CCN(c2ccc(NC3CCCC3C3COCCN3)nc2)CC1. The van der Waals surface area contributed by atoms with Crippen LogP contribution in [0.4, 0.5) is 11.5 Å². The maximum Gasteiger partial charge on any atom is 0.126 e. The molecule has 6 heteroatoms. The number of aromatic nitrogens is 1. The van der Waals surface area contributed by atoms with Crippen molar-refractivity contribution >= 4 is 11.5 Å². The molecule has 3 atom stereocenters. The summed E-state index contributed by atoms with van der Waals surface area (Å²) >= 11 is 0. The second-order valence-corrected chi connectivity index (χ2v) is 8.56. The molecule has 3 aliphatic rings. The number of nitrogens with one attached hydrogen (secondary N) is 2. The van der Waals surface area contributed by atoms with Crippen molar-refractivity contribution in [3.05, 3.63) is 18.3 Å². The van der Waals surface area contributed by atoms with E-state index in [-0.39, 0.29) is 0 Å². The van der Waals surface area contributed by atoms with Crippen molar-refractivity contribution in [2.45, 2.75) is 50.2 Å². The molecule has 1 aliphatic carbocycles. The second kappa shape index (κ2) is 8.76. The van der Waals surface area contributed by atoms with E-state index in [1.165, 1.54) is 37.8 Å². The standard InChI is InChI=1S/C21H35N5O/c1-25(2)16-8-11-26(12-9-16)17-6-7-21(23-14-17)24-19-5-3-4-18(19)20-15-27-13-10-22-20/h6-7,14,16,18-20,22H,3-5,8-13,15H2,1-2H3,(H,23,24). The molecular weight excluding hydrogens is 338 g/mol. The van der Waals surface area contributed by atoms with Crippen LogP contribution in [-0.2, 0) is 4.74 Å². The van der Waals surface area contributed by atoms with Crippen LogP contribution >= 0.6 is 0 Å². The van der Waals surface area contributed by atoms with Crippen molar-refractivity contribution in [2.75, 3.05) is 57.2 Å². The van der Waals surface area contributed by atoms with Gasteiger partial charge in [0.15, 0.2) is 0 Å². The molecule has 0 spiro atoms. The van der Waals surface area contributed by atoms with E-state index in [0.29, 0.717) is 24.0 Å². The first-order chi connectivity index (χ1) is 13.2. The lowest BCUT2D eigenvalue weighted by Crippen LogP contribution is -2.49. The van der Waals surface area contributed by atoms with Gasteiger partial charge in [0, 0.05) is 37.8 Å². The van der Waals surface area contributed by atoms with Gasteiger partial charge in [-0.05, 0) is 57.8 Å². The molecule has 0 amide bonds. The third-order valence-corrected chi connectivity index (χ3v) is 6.68. The van der Waals surface area contributed by atoms with Crippen molar-refractivity contribution in [2.24, 2.45) is 5.92 Å². The van der Waals surface area contributed by atoms with Crippen LogP contribution in [0.25, 0.3) is 0 Å². The van der Waals surface area contributed by atoms with Crippen LogP contribution in [0.3, 0.4) is 0 Å². The third-order valence-electron chi connectivity index (χ3n) is 6.68. The highest BCUT2D eigenvalue weighted by molar-refractivity contribution is 5.50. The molecule has 0 radical (unpaired) electrons. The summed E-state index contributed by atoms with van der Waals surface area (Å²) in [5.41, 5.74) is 1.25. The molecule has 4 rings (SSSR count). The van der Waals surface area contributed by atoms with Gasteiger partial charge in [0.25, 0.3) is 0 Å². The van der Waals surface area contributed by atoms with E-state index in [0.717, 1.165) is 38.7 Å². The van der Waals surface area contributed by atoms with Gasteiger partial charge in [-0.3, -0.25) is 0 Å². The molecule has 2 saturated heterocycles. The molecule has 2 aliphatic heterocycles. The summed E-state index contributed by atoms with van der Waals surface area (Å²) in [6, 6.07) is 6.09. The van der Waals surface area contributed by atoms with Crippen LogP contribution in [0.15, 0.2) is 18.3 Å². The van der Waals surface area contributed by atoms with Gasteiger partial charge in [-0.2, -0.15) is 0 Å². The third kappa shape index (κ3) is 4.55. The summed E-state index contributed by atoms with van der Waals surface area (Å²) in [5, 5.41) is 7.35. The minimum absolute atomic E-state index is 0.482. The van der Waals surface area contributed by atoms with E-state index in [1.807, 2.05) is 6.20 Å². The molecule has 27 heavy (non-hydrogen) atoms. The fraction of sp³-hybridized carbons (Fsp3) is 0.762. The van der Waals surface area contributed by atoms with E-state index in [2.05, 4.69) is 46.7 Å². The van der Waals surface area contributed by atoms with E-state index in [9.17, 15) is 0 Å². The molecule has 0 aromatic carbocycles. The number of hydrogen-bond acceptors (Lipinski definition) is 6. The Kier molecular flexibility index (Phi) is 6.15. The lowest BCUT2D eigenvalue weighted by molar-refractivity contribution is 0.0559. The molecule has 6 nitrogen and oxygen atoms in total. The summed E-state index contributed by atoms with van der Waals surface area (Å²) in [6.45, 7) is 4.91. The highest BCUT2D eigenvalue weighted by Gasteiger charge is 2.34. The van der Waals surface area contributed by atoms with Gasteiger partial charge >= 0.3 is 0 Å². The highest BCUT2D eigenvalue weighted by Crippen LogP contribution is 2.32. The molecule has 1 aromatic heterocycles. The van der Waals surface area contributed by atoms with Crippen LogP contribution in [0.2, 0.25) is 0 Å². The van der Waals surface area contributed by atoms with E-state index in [4.69, 9.17) is 9.72 Å². The Morgan fingerprint density at radius 1 is 1.19 bits per heavy atom.